The van der Waals surface area contributed by atoms with Crippen LogP contribution in [0.5, 0.6) is 0 Å². The monoisotopic (exact) mass is 307 g/mol. The molecule has 1 aliphatic rings. The van der Waals surface area contributed by atoms with Crippen molar-refractivity contribution in [2.45, 2.75) is 18.9 Å². The quantitative estimate of drug-likeness (QED) is 0.785. The first-order chi connectivity index (χ1) is 6.27. The molecule has 13 heavy (non-hydrogen) atoms. The van der Waals surface area contributed by atoms with E-state index >= 15 is 0 Å². The van der Waals surface area contributed by atoms with Gasteiger partial charge in [0.1, 0.15) is 0 Å². The van der Waals surface area contributed by atoms with Crippen molar-refractivity contribution in [2.24, 2.45) is 0 Å². The van der Waals surface area contributed by atoms with Gasteiger partial charge in [0.25, 0.3) is 0 Å². The minimum Gasteiger partial charge on any atom is -0.310 e. The van der Waals surface area contributed by atoms with Gasteiger partial charge in [0, 0.05) is 14.6 Å². The fourth-order valence-electron chi connectivity index (χ4n) is 1.73. The van der Waals surface area contributed by atoms with E-state index in [1.807, 2.05) is 12.1 Å². The van der Waals surface area contributed by atoms with Gasteiger partial charge in [0.15, 0.2) is 0 Å². The first kappa shape index (κ1) is 9.74. The van der Waals surface area contributed by atoms with Crippen LogP contribution in [0.2, 0.25) is 5.02 Å². The number of nitrogens with one attached hydrogen (secondary N) is 1. The molecule has 1 nitrogen and oxygen atoms in total. The van der Waals surface area contributed by atoms with Crippen LogP contribution >= 0.6 is 34.2 Å². The predicted octanol–water partition coefficient (Wildman–Crippen LogP) is 3.37. The number of rotatable bonds is 1. The zero-order valence-electron chi connectivity index (χ0n) is 7.19. The van der Waals surface area contributed by atoms with Gasteiger partial charge in [-0.15, -0.1) is 0 Å². The molecular formula is C10H11ClIN. The lowest BCUT2D eigenvalue weighted by Gasteiger charge is -2.12. The van der Waals surface area contributed by atoms with Crippen molar-refractivity contribution in [3.8, 4) is 0 Å². The largest absolute Gasteiger partial charge is 0.310 e. The molecule has 0 aliphatic carbocycles. The van der Waals surface area contributed by atoms with Crippen molar-refractivity contribution in [3.05, 3.63) is 32.4 Å². The molecule has 0 radical (unpaired) electrons. The molecule has 0 saturated carbocycles. The molecule has 1 atom stereocenters. The van der Waals surface area contributed by atoms with Gasteiger partial charge in [-0.3, -0.25) is 0 Å². The summed E-state index contributed by atoms with van der Waals surface area (Å²) in [6.45, 7) is 1.14. The van der Waals surface area contributed by atoms with Crippen LogP contribution in [0.25, 0.3) is 0 Å². The highest BCUT2D eigenvalue weighted by Gasteiger charge is 2.17. The van der Waals surface area contributed by atoms with E-state index in [1.165, 1.54) is 22.0 Å². The topological polar surface area (TPSA) is 12.0 Å². The van der Waals surface area contributed by atoms with E-state index in [-0.39, 0.29) is 0 Å². The SMILES string of the molecule is Clc1ccc(C2CCCN2)c(I)c1. The lowest BCUT2D eigenvalue weighted by Crippen LogP contribution is -2.13. The van der Waals surface area contributed by atoms with Crippen LogP contribution in [0.3, 0.4) is 0 Å². The standard InChI is InChI=1S/C10H11ClIN/c11-7-3-4-8(9(12)6-7)10-2-1-5-13-10/h3-4,6,10,13H,1-2,5H2. The van der Waals surface area contributed by atoms with E-state index in [1.54, 1.807) is 0 Å². The Labute approximate surface area is 97.0 Å². The normalized spacial score (nSPS) is 22.2. The summed E-state index contributed by atoms with van der Waals surface area (Å²) in [5.74, 6) is 0. The van der Waals surface area contributed by atoms with Crippen molar-refractivity contribution in [1.82, 2.24) is 5.32 Å². The van der Waals surface area contributed by atoms with Gasteiger partial charge in [-0.05, 0) is 59.7 Å². The zero-order valence-corrected chi connectivity index (χ0v) is 10.1. The van der Waals surface area contributed by atoms with Crippen LogP contribution in [0.1, 0.15) is 24.4 Å². The van der Waals surface area contributed by atoms with Crippen LogP contribution in [0.4, 0.5) is 0 Å². The number of benzene rings is 1. The molecule has 2 rings (SSSR count). The molecule has 1 aliphatic heterocycles. The minimum atomic E-state index is 0.546. The summed E-state index contributed by atoms with van der Waals surface area (Å²) in [4.78, 5) is 0. The summed E-state index contributed by atoms with van der Waals surface area (Å²) in [5, 5.41) is 4.31. The Morgan fingerprint density at radius 2 is 2.31 bits per heavy atom. The molecule has 3 heteroatoms. The first-order valence-electron chi connectivity index (χ1n) is 4.46. The van der Waals surface area contributed by atoms with Crippen molar-refractivity contribution in [3.63, 3.8) is 0 Å². The van der Waals surface area contributed by atoms with Gasteiger partial charge in [-0.1, -0.05) is 17.7 Å². The van der Waals surface area contributed by atoms with Gasteiger partial charge in [-0.2, -0.15) is 0 Å². The third-order valence-corrected chi connectivity index (χ3v) is 3.57. The summed E-state index contributed by atoms with van der Waals surface area (Å²) in [7, 11) is 0. The Morgan fingerprint density at radius 3 is 2.92 bits per heavy atom. The van der Waals surface area contributed by atoms with Crippen LogP contribution in [0, 0.1) is 3.57 Å². The lowest BCUT2D eigenvalue weighted by molar-refractivity contribution is 0.644. The van der Waals surface area contributed by atoms with E-state index in [9.17, 15) is 0 Å². The van der Waals surface area contributed by atoms with Crippen molar-refractivity contribution >= 4 is 34.2 Å². The van der Waals surface area contributed by atoms with Crippen LogP contribution in [-0.4, -0.2) is 6.54 Å². The summed E-state index contributed by atoms with van der Waals surface area (Å²) in [6, 6.07) is 6.67. The second kappa shape index (κ2) is 4.15. The third-order valence-electron chi connectivity index (χ3n) is 2.40. The van der Waals surface area contributed by atoms with Crippen LogP contribution < -0.4 is 5.32 Å². The Morgan fingerprint density at radius 1 is 1.46 bits per heavy atom. The first-order valence-corrected chi connectivity index (χ1v) is 5.91. The molecule has 0 aromatic heterocycles. The van der Waals surface area contributed by atoms with Gasteiger partial charge in [0.2, 0.25) is 0 Å². The van der Waals surface area contributed by atoms with Gasteiger partial charge >= 0.3 is 0 Å². The summed E-state index contributed by atoms with van der Waals surface area (Å²) >= 11 is 8.25. The molecule has 1 heterocycles. The third kappa shape index (κ3) is 2.17. The molecule has 1 aromatic rings. The second-order valence-corrected chi connectivity index (χ2v) is 4.91. The highest BCUT2D eigenvalue weighted by molar-refractivity contribution is 14.1. The van der Waals surface area contributed by atoms with Crippen LogP contribution in [0.15, 0.2) is 18.2 Å². The molecule has 70 valence electrons. The maximum Gasteiger partial charge on any atom is 0.0416 e. The fourth-order valence-corrected chi connectivity index (χ4v) is 2.98. The van der Waals surface area contributed by atoms with Gasteiger partial charge in [-0.25, -0.2) is 0 Å². The Balaban J connectivity index is 2.29. The molecule has 1 N–H and O–H groups in total. The van der Waals surface area contributed by atoms with Crippen molar-refractivity contribution in [2.75, 3.05) is 6.54 Å². The summed E-state index contributed by atoms with van der Waals surface area (Å²) in [5.41, 5.74) is 1.39. The van der Waals surface area contributed by atoms with E-state index in [0.29, 0.717) is 6.04 Å². The Kier molecular flexibility index (Phi) is 3.11. The number of hydrogen-bond donors (Lipinski definition) is 1. The Bertz CT molecular complexity index is 308. The summed E-state index contributed by atoms with van der Waals surface area (Å²) in [6.07, 6.45) is 2.53. The van der Waals surface area contributed by atoms with Crippen molar-refractivity contribution < 1.29 is 0 Å². The van der Waals surface area contributed by atoms with E-state index in [0.717, 1.165) is 11.6 Å². The Hall–Kier alpha value is 0.200. The molecular weight excluding hydrogens is 296 g/mol. The highest BCUT2D eigenvalue weighted by atomic mass is 127. The molecule has 1 fully saturated rings. The maximum absolute atomic E-state index is 5.90. The van der Waals surface area contributed by atoms with E-state index < -0.39 is 0 Å². The zero-order chi connectivity index (χ0) is 9.26. The molecule has 0 spiro atoms. The number of halogens is 2. The average Bonchev–Trinajstić information content (AvgIpc) is 2.56. The van der Waals surface area contributed by atoms with Crippen molar-refractivity contribution in [1.29, 1.82) is 0 Å². The lowest BCUT2D eigenvalue weighted by atomic mass is 10.1. The molecule has 1 aromatic carbocycles. The molecule has 0 bridgehead atoms. The second-order valence-electron chi connectivity index (χ2n) is 3.31. The van der Waals surface area contributed by atoms with E-state index in [4.69, 9.17) is 11.6 Å². The van der Waals surface area contributed by atoms with Gasteiger partial charge < -0.3 is 5.32 Å². The summed E-state index contributed by atoms with van der Waals surface area (Å²) < 4.78 is 1.27. The molecule has 1 saturated heterocycles. The van der Waals surface area contributed by atoms with Gasteiger partial charge in [0.05, 0.1) is 0 Å². The predicted molar refractivity (Wildman–Crippen MR) is 64.1 cm³/mol. The van der Waals surface area contributed by atoms with E-state index in [2.05, 4.69) is 34.0 Å². The van der Waals surface area contributed by atoms with Crippen LogP contribution in [-0.2, 0) is 0 Å². The fraction of sp³-hybridized carbons (Fsp3) is 0.400. The molecule has 1 unspecified atom stereocenters. The minimum absolute atomic E-state index is 0.546. The molecule has 0 amide bonds. The smallest absolute Gasteiger partial charge is 0.0416 e. The highest BCUT2D eigenvalue weighted by Crippen LogP contribution is 2.28. The maximum atomic E-state index is 5.90. The average molecular weight is 308 g/mol. The number of hydrogen-bond acceptors (Lipinski definition) is 1.